The van der Waals surface area contributed by atoms with Crippen LogP contribution >= 0.6 is 0 Å². The quantitative estimate of drug-likeness (QED) is 0.783. The van der Waals surface area contributed by atoms with Crippen LogP contribution in [0.15, 0.2) is 35.2 Å². The lowest BCUT2D eigenvalue weighted by Crippen LogP contribution is -2.38. The van der Waals surface area contributed by atoms with Crippen LogP contribution in [0.3, 0.4) is 0 Å². The van der Waals surface area contributed by atoms with Crippen molar-refractivity contribution in [3.05, 3.63) is 30.3 Å². The fraction of sp³-hybridized carbons (Fsp3) is 0.455. The molecule has 1 fully saturated rings. The second-order valence-corrected chi connectivity index (χ2v) is 5.80. The van der Waals surface area contributed by atoms with Crippen molar-refractivity contribution in [3.63, 3.8) is 0 Å². The summed E-state index contributed by atoms with van der Waals surface area (Å²) in [6.45, 7) is -0.174. The number of halogens is 2. The van der Waals surface area contributed by atoms with E-state index in [9.17, 15) is 17.2 Å². The summed E-state index contributed by atoms with van der Waals surface area (Å²) in [5.74, 6) is -3.02. The van der Waals surface area contributed by atoms with Gasteiger partial charge >= 0.3 is 0 Å². The Bertz CT molecular complexity index is 477. The largest absolute Gasteiger partial charge is 0.296 e. The van der Waals surface area contributed by atoms with Crippen molar-refractivity contribution < 1.29 is 21.4 Å². The highest BCUT2D eigenvalue weighted by atomic mass is 32.2. The molecule has 0 amide bonds. The molecule has 0 saturated heterocycles. The normalized spacial score (nSPS) is 19.9. The Hall–Kier alpha value is -1.01. The monoisotopic (exact) mass is 262 g/mol. The van der Waals surface area contributed by atoms with Crippen LogP contribution in [0.4, 0.5) is 8.78 Å². The zero-order chi connectivity index (χ0) is 12.5. The average Bonchev–Trinajstić information content (AvgIpc) is 2.25. The standard InChI is InChI=1S/C11H12F2O3S/c12-11(13)6-9(7-11)8-16-17(14,15)10-4-2-1-3-5-10/h1-5,9H,6-8H2. The Labute approximate surface area is 98.5 Å². The smallest absolute Gasteiger partial charge is 0.266 e. The van der Waals surface area contributed by atoms with Gasteiger partial charge in [0.25, 0.3) is 10.1 Å². The maximum Gasteiger partial charge on any atom is 0.296 e. The van der Waals surface area contributed by atoms with Gasteiger partial charge in [0, 0.05) is 12.8 Å². The van der Waals surface area contributed by atoms with E-state index in [2.05, 4.69) is 0 Å². The molecule has 0 radical (unpaired) electrons. The molecule has 0 heterocycles. The van der Waals surface area contributed by atoms with Crippen molar-refractivity contribution in [2.24, 2.45) is 5.92 Å². The first-order chi connectivity index (χ1) is 7.89. The van der Waals surface area contributed by atoms with E-state index in [4.69, 9.17) is 4.18 Å². The van der Waals surface area contributed by atoms with E-state index in [0.717, 1.165) is 0 Å². The fourth-order valence-electron chi connectivity index (χ4n) is 1.74. The molecule has 0 unspecified atom stereocenters. The fourth-order valence-corrected chi connectivity index (χ4v) is 2.74. The predicted octanol–water partition coefficient (Wildman–Crippen LogP) is 2.44. The molecule has 0 atom stereocenters. The van der Waals surface area contributed by atoms with Crippen molar-refractivity contribution in [2.45, 2.75) is 23.7 Å². The average molecular weight is 262 g/mol. The minimum Gasteiger partial charge on any atom is -0.266 e. The van der Waals surface area contributed by atoms with Gasteiger partial charge in [-0.05, 0) is 18.1 Å². The van der Waals surface area contributed by atoms with E-state index in [1.54, 1.807) is 18.2 Å². The van der Waals surface area contributed by atoms with Crippen LogP contribution in [0.25, 0.3) is 0 Å². The maximum atomic E-state index is 12.5. The predicted molar refractivity (Wildman–Crippen MR) is 57.3 cm³/mol. The molecule has 17 heavy (non-hydrogen) atoms. The number of hydrogen-bond acceptors (Lipinski definition) is 3. The molecule has 6 heteroatoms. The summed E-state index contributed by atoms with van der Waals surface area (Å²) in [7, 11) is -3.81. The summed E-state index contributed by atoms with van der Waals surface area (Å²) < 4.78 is 53.1. The molecule has 94 valence electrons. The number of rotatable bonds is 4. The Morgan fingerprint density at radius 3 is 2.35 bits per heavy atom. The van der Waals surface area contributed by atoms with Crippen LogP contribution in [-0.2, 0) is 14.3 Å². The minimum atomic E-state index is -3.81. The van der Waals surface area contributed by atoms with E-state index in [1.165, 1.54) is 12.1 Å². The molecule has 0 N–H and O–H groups in total. The third kappa shape index (κ3) is 3.01. The third-order valence-electron chi connectivity index (χ3n) is 2.67. The van der Waals surface area contributed by atoms with Gasteiger partial charge in [-0.15, -0.1) is 0 Å². The first-order valence-corrected chi connectivity index (χ1v) is 6.62. The van der Waals surface area contributed by atoms with Gasteiger partial charge in [0.1, 0.15) is 0 Å². The van der Waals surface area contributed by atoms with Gasteiger partial charge in [-0.3, -0.25) is 4.18 Å². The molecule has 1 aliphatic carbocycles. The highest BCUT2D eigenvalue weighted by molar-refractivity contribution is 7.86. The molecule has 1 saturated carbocycles. The van der Waals surface area contributed by atoms with Crippen LogP contribution in [-0.4, -0.2) is 20.9 Å². The van der Waals surface area contributed by atoms with Gasteiger partial charge in [0.2, 0.25) is 5.92 Å². The van der Waals surface area contributed by atoms with Gasteiger partial charge in [0.15, 0.2) is 0 Å². The van der Waals surface area contributed by atoms with Crippen molar-refractivity contribution >= 4 is 10.1 Å². The van der Waals surface area contributed by atoms with Crippen molar-refractivity contribution in [2.75, 3.05) is 6.61 Å². The summed E-state index contributed by atoms with van der Waals surface area (Å²) in [5, 5.41) is 0. The van der Waals surface area contributed by atoms with Crippen molar-refractivity contribution in [1.29, 1.82) is 0 Å². The van der Waals surface area contributed by atoms with Crippen molar-refractivity contribution in [1.82, 2.24) is 0 Å². The highest BCUT2D eigenvalue weighted by Gasteiger charge is 2.45. The van der Waals surface area contributed by atoms with Gasteiger partial charge in [-0.1, -0.05) is 18.2 Å². The summed E-state index contributed by atoms with van der Waals surface area (Å²) >= 11 is 0. The highest BCUT2D eigenvalue weighted by Crippen LogP contribution is 2.42. The molecule has 0 bridgehead atoms. The molecular weight excluding hydrogens is 250 g/mol. The summed E-state index contributed by atoms with van der Waals surface area (Å²) in [6, 6.07) is 7.66. The third-order valence-corrected chi connectivity index (χ3v) is 3.96. The van der Waals surface area contributed by atoms with Crippen LogP contribution in [0.5, 0.6) is 0 Å². The van der Waals surface area contributed by atoms with Crippen LogP contribution in [0, 0.1) is 5.92 Å². The van der Waals surface area contributed by atoms with E-state index in [-0.39, 0.29) is 30.3 Å². The van der Waals surface area contributed by atoms with Gasteiger partial charge in [-0.2, -0.15) is 8.42 Å². The number of alkyl halides is 2. The maximum absolute atomic E-state index is 12.5. The zero-order valence-electron chi connectivity index (χ0n) is 8.97. The lowest BCUT2D eigenvalue weighted by atomic mass is 9.82. The lowest BCUT2D eigenvalue weighted by Gasteiger charge is -2.34. The second-order valence-electron chi connectivity index (χ2n) is 4.18. The molecule has 3 nitrogen and oxygen atoms in total. The molecule has 1 aromatic carbocycles. The molecule has 1 aromatic rings. The van der Waals surface area contributed by atoms with Crippen LogP contribution < -0.4 is 0 Å². The molecule has 0 spiro atoms. The first-order valence-electron chi connectivity index (χ1n) is 5.21. The SMILES string of the molecule is O=S(=O)(OCC1CC(F)(F)C1)c1ccccc1. The van der Waals surface area contributed by atoms with Crippen LogP contribution in [0.1, 0.15) is 12.8 Å². The second kappa shape index (κ2) is 4.34. The first kappa shape index (κ1) is 12.4. The molecule has 0 aliphatic heterocycles. The topological polar surface area (TPSA) is 43.4 Å². The Kier molecular flexibility index (Phi) is 3.18. The number of hydrogen-bond donors (Lipinski definition) is 0. The van der Waals surface area contributed by atoms with E-state index >= 15 is 0 Å². The minimum absolute atomic E-state index is 0.0473. The van der Waals surface area contributed by atoms with Crippen LogP contribution in [0.2, 0.25) is 0 Å². The van der Waals surface area contributed by atoms with Gasteiger partial charge in [-0.25, -0.2) is 8.78 Å². The Morgan fingerprint density at radius 1 is 1.24 bits per heavy atom. The molecule has 1 aliphatic rings. The zero-order valence-corrected chi connectivity index (χ0v) is 9.79. The van der Waals surface area contributed by atoms with E-state index in [0.29, 0.717) is 0 Å². The van der Waals surface area contributed by atoms with Gasteiger partial charge in [0.05, 0.1) is 11.5 Å². The summed E-state index contributed by atoms with van der Waals surface area (Å²) in [6.07, 6.45) is -0.589. The van der Waals surface area contributed by atoms with E-state index in [1.807, 2.05) is 0 Å². The number of benzene rings is 1. The van der Waals surface area contributed by atoms with E-state index < -0.39 is 16.0 Å². The van der Waals surface area contributed by atoms with Crippen molar-refractivity contribution in [3.8, 4) is 0 Å². The summed E-state index contributed by atoms with van der Waals surface area (Å²) in [5.41, 5.74) is 0. The van der Waals surface area contributed by atoms with Gasteiger partial charge < -0.3 is 0 Å². The summed E-state index contributed by atoms with van der Waals surface area (Å²) in [4.78, 5) is 0.0473. The molecular formula is C11H12F2O3S. The molecule has 2 rings (SSSR count). The lowest BCUT2D eigenvalue weighted by molar-refractivity contribution is -0.118. The molecule has 0 aromatic heterocycles. The Morgan fingerprint density at radius 2 is 1.82 bits per heavy atom. The Balaban J connectivity index is 1.92.